The van der Waals surface area contributed by atoms with Crippen LogP contribution in [0.15, 0.2) is 48.5 Å². The third kappa shape index (κ3) is 7.04. The maximum absolute atomic E-state index is 13.8. The van der Waals surface area contributed by atoms with E-state index in [4.69, 9.17) is 9.47 Å². The molecular formula is C25H31F2N3O3. The molecule has 0 aliphatic carbocycles. The Hall–Kier alpha value is -2.39. The van der Waals surface area contributed by atoms with Crippen molar-refractivity contribution in [1.82, 2.24) is 14.7 Å². The molecule has 2 saturated heterocycles. The fraction of sp³-hybridized carbons (Fsp3) is 0.480. The van der Waals surface area contributed by atoms with Crippen molar-refractivity contribution in [3.8, 4) is 0 Å². The Balaban J connectivity index is 1.40. The third-order valence-electron chi connectivity index (χ3n) is 6.11. The summed E-state index contributed by atoms with van der Waals surface area (Å²) < 4.78 is 38.4. The van der Waals surface area contributed by atoms with Crippen molar-refractivity contribution in [3.63, 3.8) is 0 Å². The van der Waals surface area contributed by atoms with Gasteiger partial charge in [-0.1, -0.05) is 18.2 Å². The van der Waals surface area contributed by atoms with Gasteiger partial charge in [0.1, 0.15) is 11.6 Å². The first kappa shape index (κ1) is 23.8. The van der Waals surface area contributed by atoms with E-state index < -0.39 is 5.82 Å². The van der Waals surface area contributed by atoms with Crippen LogP contribution in [-0.4, -0.2) is 92.3 Å². The minimum absolute atomic E-state index is 0.151. The summed E-state index contributed by atoms with van der Waals surface area (Å²) in [5.41, 5.74) is 1.38. The lowest BCUT2D eigenvalue weighted by Gasteiger charge is -2.36. The van der Waals surface area contributed by atoms with Crippen LogP contribution >= 0.6 is 0 Å². The summed E-state index contributed by atoms with van der Waals surface area (Å²) in [5.74, 6) is -0.860. The Kier molecular flexibility index (Phi) is 8.39. The summed E-state index contributed by atoms with van der Waals surface area (Å²) in [6.45, 7) is 7.48. The molecule has 2 aromatic rings. The molecule has 1 amide bonds. The normalized spacial score (nSPS) is 20.0. The number of carbonyl (C=O) groups is 1. The van der Waals surface area contributed by atoms with Crippen LogP contribution < -0.4 is 0 Å². The van der Waals surface area contributed by atoms with Crippen LogP contribution in [0.4, 0.5) is 8.78 Å². The predicted octanol–water partition coefficient (Wildman–Crippen LogP) is 2.64. The van der Waals surface area contributed by atoms with Crippen molar-refractivity contribution in [2.24, 2.45) is 0 Å². The molecule has 0 bridgehead atoms. The highest BCUT2D eigenvalue weighted by molar-refractivity contribution is 5.94. The molecule has 0 aromatic heterocycles. The summed E-state index contributed by atoms with van der Waals surface area (Å²) in [5, 5.41) is 0. The number of amides is 1. The zero-order valence-corrected chi connectivity index (χ0v) is 18.8. The summed E-state index contributed by atoms with van der Waals surface area (Å²) in [6.07, 6.45) is -0.151. The lowest BCUT2D eigenvalue weighted by atomic mass is 10.1. The molecule has 1 atom stereocenters. The van der Waals surface area contributed by atoms with E-state index in [-0.39, 0.29) is 17.8 Å². The Morgan fingerprint density at radius 3 is 2.48 bits per heavy atom. The van der Waals surface area contributed by atoms with Gasteiger partial charge in [0, 0.05) is 57.9 Å². The van der Waals surface area contributed by atoms with Crippen LogP contribution in [-0.2, 0) is 16.0 Å². The van der Waals surface area contributed by atoms with Gasteiger partial charge in [0.2, 0.25) is 0 Å². The summed E-state index contributed by atoms with van der Waals surface area (Å²) in [7, 11) is 0. The van der Waals surface area contributed by atoms with Gasteiger partial charge in [0.25, 0.3) is 5.91 Å². The maximum atomic E-state index is 13.8. The van der Waals surface area contributed by atoms with E-state index in [1.165, 1.54) is 24.3 Å². The van der Waals surface area contributed by atoms with Crippen LogP contribution in [0, 0.1) is 11.6 Å². The Labute approximate surface area is 193 Å². The lowest BCUT2D eigenvalue weighted by Crippen LogP contribution is -2.50. The first-order chi connectivity index (χ1) is 16.1. The summed E-state index contributed by atoms with van der Waals surface area (Å²) in [6, 6.07) is 12.4. The van der Waals surface area contributed by atoms with Crippen molar-refractivity contribution in [3.05, 3.63) is 71.3 Å². The van der Waals surface area contributed by atoms with Gasteiger partial charge in [0.05, 0.1) is 25.9 Å². The predicted molar refractivity (Wildman–Crippen MR) is 121 cm³/mol. The van der Waals surface area contributed by atoms with Crippen LogP contribution in [0.5, 0.6) is 0 Å². The molecule has 2 aromatic carbocycles. The Morgan fingerprint density at radius 2 is 1.73 bits per heavy atom. The highest BCUT2D eigenvalue weighted by Crippen LogP contribution is 2.15. The van der Waals surface area contributed by atoms with E-state index in [2.05, 4.69) is 9.80 Å². The zero-order valence-electron chi connectivity index (χ0n) is 18.8. The van der Waals surface area contributed by atoms with Gasteiger partial charge >= 0.3 is 0 Å². The van der Waals surface area contributed by atoms with Crippen molar-refractivity contribution >= 4 is 5.91 Å². The number of halogens is 2. The SMILES string of the molecule is O=C(c1cccc(F)c1)N(CCN1CCOCC1)CC1CN(Cc2ccc(F)cc2)CCO1. The van der Waals surface area contributed by atoms with E-state index >= 15 is 0 Å². The molecule has 2 aliphatic heterocycles. The molecule has 6 nitrogen and oxygen atoms in total. The highest BCUT2D eigenvalue weighted by Gasteiger charge is 2.26. The molecule has 0 N–H and O–H groups in total. The number of rotatable bonds is 8. The quantitative estimate of drug-likeness (QED) is 0.608. The molecule has 2 heterocycles. The van der Waals surface area contributed by atoms with Gasteiger partial charge in [-0.3, -0.25) is 14.6 Å². The van der Waals surface area contributed by atoms with Gasteiger partial charge < -0.3 is 14.4 Å². The fourth-order valence-corrected chi connectivity index (χ4v) is 4.30. The van der Waals surface area contributed by atoms with Crippen LogP contribution in [0.1, 0.15) is 15.9 Å². The largest absolute Gasteiger partial charge is 0.379 e. The fourth-order valence-electron chi connectivity index (χ4n) is 4.30. The van der Waals surface area contributed by atoms with Crippen LogP contribution in [0.3, 0.4) is 0 Å². The number of nitrogens with zero attached hydrogens (tertiary/aromatic N) is 3. The molecule has 2 fully saturated rings. The van der Waals surface area contributed by atoms with Crippen molar-refractivity contribution in [2.45, 2.75) is 12.6 Å². The molecular weight excluding hydrogens is 428 g/mol. The molecule has 2 aliphatic rings. The number of benzene rings is 2. The lowest BCUT2D eigenvalue weighted by molar-refractivity contribution is -0.0443. The standard InChI is InChI=1S/C25H31F2N3O3/c26-22-6-4-20(5-7-22)17-29-12-15-33-24(18-29)19-30(9-8-28-10-13-32-14-11-28)25(31)21-2-1-3-23(27)16-21/h1-7,16,24H,8-15,17-19H2. The van der Waals surface area contributed by atoms with Crippen LogP contribution in [0.25, 0.3) is 0 Å². The number of morpholine rings is 2. The van der Waals surface area contributed by atoms with Crippen LogP contribution in [0.2, 0.25) is 0 Å². The zero-order chi connectivity index (χ0) is 23.0. The number of hydrogen-bond acceptors (Lipinski definition) is 5. The Morgan fingerprint density at radius 1 is 0.970 bits per heavy atom. The minimum Gasteiger partial charge on any atom is -0.379 e. The van der Waals surface area contributed by atoms with E-state index in [0.29, 0.717) is 51.6 Å². The van der Waals surface area contributed by atoms with Gasteiger partial charge in [-0.25, -0.2) is 8.78 Å². The van der Waals surface area contributed by atoms with Gasteiger partial charge in [-0.15, -0.1) is 0 Å². The van der Waals surface area contributed by atoms with Crippen molar-refractivity contribution in [2.75, 3.05) is 65.6 Å². The molecule has 0 radical (unpaired) electrons. The topological polar surface area (TPSA) is 45.2 Å². The summed E-state index contributed by atoms with van der Waals surface area (Å²) >= 11 is 0. The maximum Gasteiger partial charge on any atom is 0.254 e. The molecule has 1 unspecified atom stereocenters. The number of hydrogen-bond donors (Lipinski definition) is 0. The van der Waals surface area contributed by atoms with E-state index in [1.807, 2.05) is 0 Å². The van der Waals surface area contributed by atoms with E-state index in [1.54, 1.807) is 29.2 Å². The van der Waals surface area contributed by atoms with Crippen molar-refractivity contribution in [1.29, 1.82) is 0 Å². The molecule has 4 rings (SSSR count). The number of ether oxygens (including phenoxy) is 2. The third-order valence-corrected chi connectivity index (χ3v) is 6.11. The van der Waals surface area contributed by atoms with E-state index in [9.17, 15) is 13.6 Å². The first-order valence-electron chi connectivity index (χ1n) is 11.5. The first-order valence-corrected chi connectivity index (χ1v) is 11.5. The highest BCUT2D eigenvalue weighted by atomic mass is 19.1. The van der Waals surface area contributed by atoms with Gasteiger partial charge in [-0.05, 0) is 35.9 Å². The Bertz CT molecular complexity index is 906. The van der Waals surface area contributed by atoms with Crippen molar-refractivity contribution < 1.29 is 23.0 Å². The molecule has 0 saturated carbocycles. The smallest absolute Gasteiger partial charge is 0.254 e. The summed E-state index contributed by atoms with van der Waals surface area (Å²) in [4.78, 5) is 19.6. The monoisotopic (exact) mass is 459 g/mol. The average molecular weight is 460 g/mol. The molecule has 0 spiro atoms. The second-order valence-corrected chi connectivity index (χ2v) is 8.57. The van der Waals surface area contributed by atoms with E-state index in [0.717, 1.165) is 31.7 Å². The van der Waals surface area contributed by atoms with Gasteiger partial charge in [0.15, 0.2) is 0 Å². The van der Waals surface area contributed by atoms with Gasteiger partial charge in [-0.2, -0.15) is 0 Å². The molecule has 178 valence electrons. The molecule has 33 heavy (non-hydrogen) atoms. The average Bonchev–Trinajstić information content (AvgIpc) is 2.84. The molecule has 8 heteroatoms. The minimum atomic E-state index is -0.423. The second kappa shape index (κ2) is 11.7. The second-order valence-electron chi connectivity index (χ2n) is 8.57. The number of carbonyl (C=O) groups excluding carboxylic acids is 1.